The zero-order valence-electron chi connectivity index (χ0n) is 12.3. The lowest BCUT2D eigenvalue weighted by Gasteiger charge is -2.26. The van der Waals surface area contributed by atoms with Crippen LogP contribution >= 0.6 is 0 Å². The van der Waals surface area contributed by atoms with Gasteiger partial charge >= 0.3 is 0 Å². The zero-order valence-corrected chi connectivity index (χ0v) is 12.3. The Hall–Kier alpha value is -1.95. The van der Waals surface area contributed by atoms with E-state index in [2.05, 4.69) is 0 Å². The number of nitro benzene ring substituents is 1. The highest BCUT2D eigenvalue weighted by Gasteiger charge is 2.31. The first kappa shape index (κ1) is 15.4. The SMILES string of the molecule is Cc1cc([N+](=O)[O-])ccc1C(=O)N1CCC[C@H]1C[C@H](C)O. The summed E-state index contributed by atoms with van der Waals surface area (Å²) >= 11 is 0. The zero-order chi connectivity index (χ0) is 15.6. The number of nitro groups is 1. The first-order valence-corrected chi connectivity index (χ1v) is 7.14. The van der Waals surface area contributed by atoms with Gasteiger partial charge in [0.1, 0.15) is 0 Å². The van der Waals surface area contributed by atoms with Crippen LogP contribution in [0.15, 0.2) is 18.2 Å². The van der Waals surface area contributed by atoms with E-state index >= 15 is 0 Å². The number of hydrogen-bond acceptors (Lipinski definition) is 4. The predicted octanol–water partition coefficient (Wildman–Crippen LogP) is 2.28. The highest BCUT2D eigenvalue weighted by Crippen LogP contribution is 2.26. The van der Waals surface area contributed by atoms with Crippen LogP contribution in [0.1, 0.15) is 42.1 Å². The standard InChI is InChI=1S/C15H20N2O4/c1-10-8-13(17(20)21)5-6-14(10)15(19)16-7-3-4-12(16)9-11(2)18/h5-6,8,11-12,18H,3-4,7,9H2,1-2H3/t11-,12-/m0/s1. The van der Waals surface area contributed by atoms with Crippen molar-refractivity contribution < 1.29 is 14.8 Å². The molecule has 2 rings (SSSR count). The summed E-state index contributed by atoms with van der Waals surface area (Å²) in [6.45, 7) is 4.10. The molecule has 21 heavy (non-hydrogen) atoms. The molecular formula is C15H20N2O4. The molecule has 1 heterocycles. The molecule has 0 spiro atoms. The van der Waals surface area contributed by atoms with E-state index < -0.39 is 11.0 Å². The number of nitrogens with zero attached hydrogens (tertiary/aromatic N) is 2. The van der Waals surface area contributed by atoms with Crippen molar-refractivity contribution >= 4 is 11.6 Å². The minimum Gasteiger partial charge on any atom is -0.393 e. The molecule has 1 aromatic carbocycles. The summed E-state index contributed by atoms with van der Waals surface area (Å²) in [7, 11) is 0. The fourth-order valence-corrected chi connectivity index (χ4v) is 2.90. The Labute approximate surface area is 123 Å². The van der Waals surface area contributed by atoms with Gasteiger partial charge < -0.3 is 10.0 Å². The van der Waals surface area contributed by atoms with Crippen LogP contribution in [0.2, 0.25) is 0 Å². The Morgan fingerprint density at radius 3 is 2.86 bits per heavy atom. The van der Waals surface area contributed by atoms with E-state index in [9.17, 15) is 20.0 Å². The number of likely N-dealkylation sites (tertiary alicyclic amines) is 1. The van der Waals surface area contributed by atoms with Crippen molar-refractivity contribution in [1.29, 1.82) is 0 Å². The summed E-state index contributed by atoms with van der Waals surface area (Å²) in [6, 6.07) is 4.35. The first-order chi connectivity index (χ1) is 9.90. The van der Waals surface area contributed by atoms with Crippen molar-refractivity contribution in [3.8, 4) is 0 Å². The molecule has 1 fully saturated rings. The third kappa shape index (κ3) is 3.39. The molecule has 6 nitrogen and oxygen atoms in total. The highest BCUT2D eigenvalue weighted by molar-refractivity contribution is 5.96. The summed E-state index contributed by atoms with van der Waals surface area (Å²) in [5.74, 6) is -0.106. The second-order valence-electron chi connectivity index (χ2n) is 5.64. The largest absolute Gasteiger partial charge is 0.393 e. The maximum absolute atomic E-state index is 12.6. The normalized spacial score (nSPS) is 19.6. The lowest BCUT2D eigenvalue weighted by Crippen LogP contribution is -2.37. The Morgan fingerprint density at radius 1 is 1.57 bits per heavy atom. The topological polar surface area (TPSA) is 83.7 Å². The van der Waals surface area contributed by atoms with E-state index in [1.54, 1.807) is 18.7 Å². The van der Waals surface area contributed by atoms with Crippen molar-refractivity contribution in [3.63, 3.8) is 0 Å². The number of amides is 1. The number of rotatable bonds is 4. The Kier molecular flexibility index (Phi) is 4.57. The third-order valence-electron chi connectivity index (χ3n) is 3.90. The minimum atomic E-state index is -0.465. The number of hydrogen-bond donors (Lipinski definition) is 1. The number of carbonyl (C=O) groups excluding carboxylic acids is 1. The Balaban J connectivity index is 2.21. The highest BCUT2D eigenvalue weighted by atomic mass is 16.6. The molecule has 0 saturated carbocycles. The maximum atomic E-state index is 12.6. The molecule has 1 saturated heterocycles. The van der Waals surface area contributed by atoms with Crippen molar-refractivity contribution in [3.05, 3.63) is 39.4 Å². The molecule has 1 N–H and O–H groups in total. The number of carbonyl (C=O) groups is 1. The quantitative estimate of drug-likeness (QED) is 0.681. The summed E-state index contributed by atoms with van der Waals surface area (Å²) in [5.41, 5.74) is 1.10. The van der Waals surface area contributed by atoms with Crippen LogP contribution in [0.3, 0.4) is 0 Å². The molecular weight excluding hydrogens is 272 g/mol. The second kappa shape index (κ2) is 6.22. The van der Waals surface area contributed by atoms with Crippen LogP contribution in [0.5, 0.6) is 0 Å². The maximum Gasteiger partial charge on any atom is 0.269 e. The summed E-state index contributed by atoms with van der Waals surface area (Å²) < 4.78 is 0. The molecule has 114 valence electrons. The van der Waals surface area contributed by atoms with Crippen LogP contribution in [0.4, 0.5) is 5.69 Å². The molecule has 6 heteroatoms. The Morgan fingerprint density at radius 2 is 2.29 bits per heavy atom. The van der Waals surface area contributed by atoms with Gasteiger partial charge in [-0.1, -0.05) is 0 Å². The van der Waals surface area contributed by atoms with E-state index in [1.165, 1.54) is 18.2 Å². The van der Waals surface area contributed by atoms with Gasteiger partial charge in [-0.15, -0.1) is 0 Å². The van der Waals surface area contributed by atoms with E-state index in [1.807, 2.05) is 0 Å². The molecule has 0 aromatic heterocycles. The van der Waals surface area contributed by atoms with Gasteiger partial charge in [0, 0.05) is 30.3 Å². The minimum absolute atomic E-state index is 0.00833. The van der Waals surface area contributed by atoms with Gasteiger partial charge in [0.25, 0.3) is 11.6 Å². The first-order valence-electron chi connectivity index (χ1n) is 7.14. The van der Waals surface area contributed by atoms with E-state index in [-0.39, 0.29) is 17.6 Å². The van der Waals surface area contributed by atoms with Crippen LogP contribution in [-0.4, -0.2) is 39.5 Å². The van der Waals surface area contributed by atoms with Gasteiger partial charge in [-0.25, -0.2) is 0 Å². The number of benzene rings is 1. The molecule has 0 bridgehead atoms. The van der Waals surface area contributed by atoms with Gasteiger partial charge in [-0.05, 0) is 44.7 Å². The fourth-order valence-electron chi connectivity index (χ4n) is 2.90. The van der Waals surface area contributed by atoms with Crippen LogP contribution in [0, 0.1) is 17.0 Å². The third-order valence-corrected chi connectivity index (χ3v) is 3.90. The van der Waals surface area contributed by atoms with Crippen LogP contribution < -0.4 is 0 Å². The number of non-ortho nitro benzene ring substituents is 1. The second-order valence-corrected chi connectivity index (χ2v) is 5.64. The van der Waals surface area contributed by atoms with E-state index in [0.717, 1.165) is 12.8 Å². The van der Waals surface area contributed by atoms with Crippen molar-refractivity contribution in [2.45, 2.75) is 45.3 Å². The summed E-state index contributed by atoms with van der Waals surface area (Å²) in [4.78, 5) is 24.7. The average Bonchev–Trinajstić information content (AvgIpc) is 2.85. The molecule has 1 aliphatic rings. The Bertz CT molecular complexity index is 557. The summed E-state index contributed by atoms with van der Waals surface area (Å²) in [5, 5.41) is 20.3. The van der Waals surface area contributed by atoms with Crippen LogP contribution in [-0.2, 0) is 0 Å². The lowest BCUT2D eigenvalue weighted by molar-refractivity contribution is -0.384. The van der Waals surface area contributed by atoms with Crippen LogP contribution in [0.25, 0.3) is 0 Å². The average molecular weight is 292 g/mol. The monoisotopic (exact) mass is 292 g/mol. The fraction of sp³-hybridized carbons (Fsp3) is 0.533. The molecule has 0 aliphatic carbocycles. The number of aliphatic hydroxyl groups is 1. The van der Waals surface area contributed by atoms with E-state index in [4.69, 9.17) is 0 Å². The van der Waals surface area contributed by atoms with Gasteiger partial charge in [-0.2, -0.15) is 0 Å². The molecule has 1 aromatic rings. The number of aryl methyl sites for hydroxylation is 1. The lowest BCUT2D eigenvalue weighted by atomic mass is 10.0. The van der Waals surface area contributed by atoms with E-state index in [0.29, 0.717) is 24.1 Å². The van der Waals surface area contributed by atoms with Gasteiger partial charge in [0.05, 0.1) is 11.0 Å². The van der Waals surface area contributed by atoms with Crippen molar-refractivity contribution in [1.82, 2.24) is 4.90 Å². The molecule has 2 atom stereocenters. The van der Waals surface area contributed by atoms with Gasteiger partial charge in [0.15, 0.2) is 0 Å². The molecule has 1 aliphatic heterocycles. The van der Waals surface area contributed by atoms with Gasteiger partial charge in [0.2, 0.25) is 0 Å². The van der Waals surface area contributed by atoms with Gasteiger partial charge in [-0.3, -0.25) is 14.9 Å². The molecule has 0 radical (unpaired) electrons. The van der Waals surface area contributed by atoms with Crippen molar-refractivity contribution in [2.24, 2.45) is 0 Å². The predicted molar refractivity (Wildman–Crippen MR) is 78.2 cm³/mol. The molecule has 0 unspecified atom stereocenters. The number of aliphatic hydroxyl groups excluding tert-OH is 1. The smallest absolute Gasteiger partial charge is 0.269 e. The molecule has 1 amide bonds. The summed E-state index contributed by atoms with van der Waals surface area (Å²) in [6.07, 6.45) is 1.94. The van der Waals surface area contributed by atoms with Crippen molar-refractivity contribution in [2.75, 3.05) is 6.54 Å².